The van der Waals surface area contributed by atoms with Crippen molar-refractivity contribution in [2.45, 2.75) is 31.6 Å². The van der Waals surface area contributed by atoms with E-state index < -0.39 is 24.7 Å². The molecule has 0 aliphatic rings. The molecule has 0 aromatic heterocycles. The Morgan fingerprint density at radius 3 is 1.55 bits per heavy atom. The van der Waals surface area contributed by atoms with E-state index in [0.717, 1.165) is 0 Å². The Hall–Kier alpha value is -0.420. The molecule has 0 aromatic rings. The number of halogens is 6. The van der Waals surface area contributed by atoms with Gasteiger partial charge < -0.3 is 0 Å². The van der Waals surface area contributed by atoms with Gasteiger partial charge >= 0.3 is 12.3 Å². The van der Waals surface area contributed by atoms with E-state index in [1.807, 2.05) is 0 Å². The summed E-state index contributed by atoms with van der Waals surface area (Å²) in [6, 6.07) is 0. The fourth-order valence-corrected chi connectivity index (χ4v) is 0.491. The van der Waals surface area contributed by atoms with Crippen LogP contribution in [0.25, 0.3) is 0 Å². The van der Waals surface area contributed by atoms with E-state index in [1.54, 1.807) is 0 Å². The minimum Gasteiger partial charge on any atom is -0.207 e. The van der Waals surface area contributed by atoms with Gasteiger partial charge in [-0.3, -0.25) is 0 Å². The minimum absolute atomic E-state index is 0.170. The standard InChI is InChI=1S/C5H6F6/c1-4(8,9)2-5(10,11)3(6)7/h3H,2H2,1H3. The average molecular weight is 180 g/mol. The van der Waals surface area contributed by atoms with E-state index >= 15 is 0 Å². The molecule has 0 amide bonds. The first-order chi connectivity index (χ1) is 4.65. The largest absolute Gasteiger partial charge is 0.313 e. The predicted molar refractivity (Wildman–Crippen MR) is 26.2 cm³/mol. The third kappa shape index (κ3) is 4.10. The number of hydrogen-bond acceptors (Lipinski definition) is 0. The molecule has 6 heteroatoms. The van der Waals surface area contributed by atoms with Crippen LogP contribution in [0.4, 0.5) is 26.3 Å². The van der Waals surface area contributed by atoms with Gasteiger partial charge in [-0.2, -0.15) is 0 Å². The summed E-state index contributed by atoms with van der Waals surface area (Å²) in [5.41, 5.74) is 0. The molecule has 11 heavy (non-hydrogen) atoms. The highest BCUT2D eigenvalue weighted by Gasteiger charge is 2.47. The van der Waals surface area contributed by atoms with Gasteiger partial charge in [0.15, 0.2) is 0 Å². The van der Waals surface area contributed by atoms with Gasteiger partial charge in [-0.05, 0) is 6.92 Å². The Bertz CT molecular complexity index is 123. The molecule has 0 heterocycles. The monoisotopic (exact) mass is 180 g/mol. The van der Waals surface area contributed by atoms with E-state index in [9.17, 15) is 26.3 Å². The molecule has 0 N–H and O–H groups in total. The van der Waals surface area contributed by atoms with Crippen LogP contribution in [0.1, 0.15) is 13.3 Å². The van der Waals surface area contributed by atoms with Crippen LogP contribution < -0.4 is 0 Å². The summed E-state index contributed by atoms with van der Waals surface area (Å²) >= 11 is 0. The van der Waals surface area contributed by atoms with Crippen molar-refractivity contribution in [3.05, 3.63) is 0 Å². The Morgan fingerprint density at radius 2 is 1.45 bits per heavy atom. The molecule has 0 aliphatic carbocycles. The van der Waals surface area contributed by atoms with Crippen molar-refractivity contribution in [1.29, 1.82) is 0 Å². The van der Waals surface area contributed by atoms with Crippen molar-refractivity contribution in [2.24, 2.45) is 0 Å². The van der Waals surface area contributed by atoms with E-state index in [-0.39, 0.29) is 6.92 Å². The highest BCUT2D eigenvalue weighted by molar-refractivity contribution is 4.75. The van der Waals surface area contributed by atoms with E-state index in [0.29, 0.717) is 0 Å². The van der Waals surface area contributed by atoms with Crippen LogP contribution in [-0.4, -0.2) is 18.3 Å². The van der Waals surface area contributed by atoms with Gasteiger partial charge in [0, 0.05) is 0 Å². The van der Waals surface area contributed by atoms with Crippen LogP contribution >= 0.6 is 0 Å². The summed E-state index contributed by atoms with van der Waals surface area (Å²) in [4.78, 5) is 0. The topological polar surface area (TPSA) is 0 Å². The summed E-state index contributed by atoms with van der Waals surface area (Å²) in [6.07, 6.45) is -6.15. The summed E-state index contributed by atoms with van der Waals surface area (Å²) < 4.78 is 69.7. The van der Waals surface area contributed by atoms with Gasteiger partial charge in [0.2, 0.25) is 0 Å². The number of rotatable bonds is 3. The number of hydrogen-bond donors (Lipinski definition) is 0. The van der Waals surface area contributed by atoms with Crippen molar-refractivity contribution >= 4 is 0 Å². The normalized spacial score (nSPS) is 14.2. The van der Waals surface area contributed by atoms with Crippen molar-refractivity contribution in [1.82, 2.24) is 0 Å². The average Bonchev–Trinajstić information content (AvgIpc) is 1.56. The molecule has 0 fully saturated rings. The molecule has 0 nitrogen and oxygen atoms in total. The van der Waals surface area contributed by atoms with Gasteiger partial charge in [-0.25, -0.2) is 26.3 Å². The number of alkyl halides is 6. The van der Waals surface area contributed by atoms with Gasteiger partial charge in [-0.15, -0.1) is 0 Å². The Kier molecular flexibility index (Phi) is 2.79. The summed E-state index contributed by atoms with van der Waals surface area (Å²) in [5, 5.41) is 0. The van der Waals surface area contributed by atoms with Gasteiger partial charge in [0.1, 0.15) is 0 Å². The summed E-state index contributed by atoms with van der Waals surface area (Å²) in [5.74, 6) is -8.36. The molecule has 0 spiro atoms. The second-order valence-electron chi connectivity index (χ2n) is 2.31. The lowest BCUT2D eigenvalue weighted by Gasteiger charge is -2.18. The fraction of sp³-hybridized carbons (Fsp3) is 1.00. The Morgan fingerprint density at radius 1 is 1.09 bits per heavy atom. The summed E-state index contributed by atoms with van der Waals surface area (Å²) in [6.45, 7) is 0.170. The molecule has 0 radical (unpaired) electrons. The lowest BCUT2D eigenvalue weighted by atomic mass is 10.1. The molecule has 68 valence electrons. The molecule has 0 saturated carbocycles. The minimum atomic E-state index is -4.60. The Labute approximate surface area is 59.2 Å². The zero-order valence-electron chi connectivity index (χ0n) is 5.55. The molecular formula is C5H6F6. The lowest BCUT2D eigenvalue weighted by molar-refractivity contribution is -0.174. The SMILES string of the molecule is CC(F)(F)CC(F)(F)C(F)F. The highest BCUT2D eigenvalue weighted by Crippen LogP contribution is 2.34. The highest BCUT2D eigenvalue weighted by atomic mass is 19.3. The van der Waals surface area contributed by atoms with Crippen LogP contribution in [0.15, 0.2) is 0 Å². The molecule has 0 aliphatic heterocycles. The first-order valence-electron chi connectivity index (χ1n) is 2.69. The smallest absolute Gasteiger partial charge is 0.207 e. The zero-order valence-corrected chi connectivity index (χ0v) is 5.55. The molecule has 0 bridgehead atoms. The molecule has 0 rings (SSSR count). The zero-order chi connectivity index (χ0) is 9.28. The quantitative estimate of drug-likeness (QED) is 0.585. The maximum Gasteiger partial charge on any atom is 0.313 e. The predicted octanol–water partition coefficient (Wildman–Crippen LogP) is 2.93. The Balaban J connectivity index is 4.13. The van der Waals surface area contributed by atoms with Crippen LogP contribution in [0.3, 0.4) is 0 Å². The summed E-state index contributed by atoms with van der Waals surface area (Å²) in [7, 11) is 0. The molecule has 0 unspecified atom stereocenters. The van der Waals surface area contributed by atoms with Crippen molar-refractivity contribution in [2.75, 3.05) is 0 Å². The van der Waals surface area contributed by atoms with Crippen LogP contribution in [0, 0.1) is 0 Å². The second kappa shape index (κ2) is 2.91. The molecule has 0 saturated heterocycles. The van der Waals surface area contributed by atoms with Gasteiger partial charge in [-0.1, -0.05) is 0 Å². The van der Waals surface area contributed by atoms with Crippen molar-refractivity contribution in [3.63, 3.8) is 0 Å². The molecular weight excluding hydrogens is 174 g/mol. The van der Waals surface area contributed by atoms with Crippen LogP contribution in [0.2, 0.25) is 0 Å². The maximum atomic E-state index is 11.8. The van der Waals surface area contributed by atoms with E-state index in [1.165, 1.54) is 0 Å². The fourth-order valence-electron chi connectivity index (χ4n) is 0.491. The lowest BCUT2D eigenvalue weighted by Crippen LogP contribution is -2.33. The van der Waals surface area contributed by atoms with Gasteiger partial charge in [0.05, 0.1) is 6.42 Å². The van der Waals surface area contributed by atoms with Gasteiger partial charge in [0.25, 0.3) is 5.92 Å². The van der Waals surface area contributed by atoms with Crippen molar-refractivity contribution in [3.8, 4) is 0 Å². The third-order valence-corrected chi connectivity index (χ3v) is 0.865. The van der Waals surface area contributed by atoms with Crippen LogP contribution in [-0.2, 0) is 0 Å². The second-order valence-corrected chi connectivity index (χ2v) is 2.31. The third-order valence-electron chi connectivity index (χ3n) is 0.865. The molecule has 0 atom stereocenters. The maximum absolute atomic E-state index is 11.8. The van der Waals surface area contributed by atoms with E-state index in [2.05, 4.69) is 0 Å². The first kappa shape index (κ1) is 10.6. The van der Waals surface area contributed by atoms with Crippen LogP contribution in [0.5, 0.6) is 0 Å². The van der Waals surface area contributed by atoms with E-state index in [4.69, 9.17) is 0 Å². The van der Waals surface area contributed by atoms with Crippen molar-refractivity contribution < 1.29 is 26.3 Å². The first-order valence-corrected chi connectivity index (χ1v) is 2.69. The molecule has 0 aromatic carbocycles.